The second-order valence-corrected chi connectivity index (χ2v) is 9.40. The Labute approximate surface area is 76.4 Å². The van der Waals surface area contributed by atoms with Gasteiger partial charge in [0.15, 0.2) is 14.1 Å². The molecule has 0 aliphatic heterocycles. The van der Waals surface area contributed by atoms with Gasteiger partial charge in [0.25, 0.3) is 0 Å². The summed E-state index contributed by atoms with van der Waals surface area (Å²) >= 11 is 0. The van der Waals surface area contributed by atoms with E-state index < -0.39 is 8.32 Å². The predicted octanol–water partition coefficient (Wildman–Crippen LogP) is 2.41. The Hall–Kier alpha value is -0.153. The molecule has 0 bridgehead atoms. The molecule has 0 saturated carbocycles. The standard InChI is InChI=1S/C9H19O2Si/c1-8(10)7-11-12(5,6)9(2,3)4/h1,7H2,2-6H3. The molecule has 3 heteroatoms. The molecule has 0 spiro atoms. The molecule has 0 N–H and O–H groups in total. The molecular formula is C9H19O2Si. The summed E-state index contributed by atoms with van der Waals surface area (Å²) in [6.45, 7) is 14.1. The number of Topliss-reactive ketones (excluding diaryl/α,β-unsaturated/α-hetero) is 1. The molecule has 0 aromatic heterocycles. The SMILES string of the molecule is [CH2]C(=O)CO[Si](C)(C)C(C)(C)C. The topological polar surface area (TPSA) is 26.3 Å². The molecule has 0 heterocycles. The number of rotatable bonds is 3. The second kappa shape index (κ2) is 3.71. The number of hydrogen-bond donors (Lipinski definition) is 0. The lowest BCUT2D eigenvalue weighted by molar-refractivity contribution is -0.117. The first kappa shape index (κ1) is 11.8. The lowest BCUT2D eigenvalue weighted by Gasteiger charge is -2.35. The van der Waals surface area contributed by atoms with E-state index in [9.17, 15) is 4.79 Å². The maximum atomic E-state index is 10.6. The molecule has 0 fully saturated rings. The van der Waals surface area contributed by atoms with E-state index in [2.05, 4.69) is 40.8 Å². The number of hydrogen-bond acceptors (Lipinski definition) is 2. The van der Waals surface area contributed by atoms with Crippen molar-refractivity contribution in [3.63, 3.8) is 0 Å². The molecule has 0 saturated heterocycles. The highest BCUT2D eigenvalue weighted by Crippen LogP contribution is 2.36. The quantitative estimate of drug-likeness (QED) is 0.634. The second-order valence-electron chi connectivity index (χ2n) is 4.59. The molecule has 0 amide bonds. The molecule has 71 valence electrons. The Morgan fingerprint density at radius 2 is 1.83 bits per heavy atom. The molecular weight excluding hydrogens is 168 g/mol. The Bertz CT molecular complexity index is 168. The summed E-state index contributed by atoms with van der Waals surface area (Å²) in [6, 6.07) is 0. The van der Waals surface area contributed by atoms with Gasteiger partial charge in [0.2, 0.25) is 0 Å². The average molecular weight is 187 g/mol. The normalized spacial score (nSPS) is 13.2. The summed E-state index contributed by atoms with van der Waals surface area (Å²) in [5.41, 5.74) is 0. The van der Waals surface area contributed by atoms with Crippen LogP contribution in [0.5, 0.6) is 0 Å². The highest BCUT2D eigenvalue weighted by atomic mass is 28.4. The summed E-state index contributed by atoms with van der Waals surface area (Å²) in [5.74, 6) is -0.139. The molecule has 0 aliphatic carbocycles. The molecule has 0 aromatic carbocycles. The van der Waals surface area contributed by atoms with E-state index >= 15 is 0 Å². The van der Waals surface area contributed by atoms with Crippen molar-refractivity contribution in [1.29, 1.82) is 0 Å². The Morgan fingerprint density at radius 3 is 2.08 bits per heavy atom. The summed E-state index contributed by atoms with van der Waals surface area (Å²) in [4.78, 5) is 10.6. The minimum absolute atomic E-state index is 0.139. The van der Waals surface area contributed by atoms with Gasteiger partial charge in [-0.15, -0.1) is 0 Å². The first-order valence-corrected chi connectivity index (χ1v) is 7.06. The lowest BCUT2D eigenvalue weighted by atomic mass is 10.2. The van der Waals surface area contributed by atoms with Crippen molar-refractivity contribution in [3.05, 3.63) is 6.92 Å². The van der Waals surface area contributed by atoms with Gasteiger partial charge < -0.3 is 4.43 Å². The fourth-order valence-electron chi connectivity index (χ4n) is 0.477. The van der Waals surface area contributed by atoms with Crippen LogP contribution in [0.4, 0.5) is 0 Å². The Morgan fingerprint density at radius 1 is 1.42 bits per heavy atom. The fourth-order valence-corrected chi connectivity index (χ4v) is 1.43. The highest BCUT2D eigenvalue weighted by molar-refractivity contribution is 6.74. The molecule has 0 atom stereocenters. The summed E-state index contributed by atoms with van der Waals surface area (Å²) in [5, 5.41) is 0.169. The van der Waals surface area contributed by atoms with E-state index in [1.165, 1.54) is 0 Å². The zero-order valence-electron chi connectivity index (χ0n) is 8.73. The lowest BCUT2D eigenvalue weighted by Crippen LogP contribution is -2.41. The van der Waals surface area contributed by atoms with Crippen LogP contribution in [0.15, 0.2) is 0 Å². The highest BCUT2D eigenvalue weighted by Gasteiger charge is 2.37. The van der Waals surface area contributed by atoms with Crippen LogP contribution in [0.25, 0.3) is 0 Å². The van der Waals surface area contributed by atoms with Crippen molar-refractivity contribution in [1.82, 2.24) is 0 Å². The van der Waals surface area contributed by atoms with Crippen LogP contribution in [-0.2, 0) is 9.22 Å². The molecule has 12 heavy (non-hydrogen) atoms. The van der Waals surface area contributed by atoms with Crippen LogP contribution >= 0.6 is 0 Å². The maximum Gasteiger partial charge on any atom is 0.192 e. The molecule has 2 nitrogen and oxygen atoms in total. The zero-order valence-corrected chi connectivity index (χ0v) is 9.73. The summed E-state index contributed by atoms with van der Waals surface area (Å²) in [6.07, 6.45) is 0. The number of ketones is 1. The zero-order chi connectivity index (χ0) is 9.99. The van der Waals surface area contributed by atoms with Crippen molar-refractivity contribution in [2.45, 2.75) is 38.9 Å². The molecule has 0 aliphatic rings. The molecule has 0 unspecified atom stereocenters. The molecule has 0 rings (SSSR count). The van der Waals surface area contributed by atoms with Gasteiger partial charge in [0.05, 0.1) is 6.61 Å². The van der Waals surface area contributed by atoms with Crippen molar-refractivity contribution in [3.8, 4) is 0 Å². The first-order chi connectivity index (χ1) is 5.17. The minimum Gasteiger partial charge on any atom is -0.410 e. The predicted molar refractivity (Wildman–Crippen MR) is 53.5 cm³/mol. The van der Waals surface area contributed by atoms with Gasteiger partial charge in [-0.2, -0.15) is 0 Å². The number of carbonyl (C=O) groups is 1. The third-order valence-electron chi connectivity index (χ3n) is 2.40. The van der Waals surface area contributed by atoms with Crippen LogP contribution in [0.2, 0.25) is 18.1 Å². The van der Waals surface area contributed by atoms with E-state index in [4.69, 9.17) is 4.43 Å². The summed E-state index contributed by atoms with van der Waals surface area (Å²) in [7, 11) is -1.73. The minimum atomic E-state index is -1.73. The van der Waals surface area contributed by atoms with Crippen LogP contribution in [0.3, 0.4) is 0 Å². The van der Waals surface area contributed by atoms with Crippen molar-refractivity contribution in [2.75, 3.05) is 6.61 Å². The van der Waals surface area contributed by atoms with E-state index in [1.54, 1.807) is 0 Å². The maximum absolute atomic E-state index is 10.6. The Balaban J connectivity index is 4.14. The largest absolute Gasteiger partial charge is 0.410 e. The van der Waals surface area contributed by atoms with Crippen molar-refractivity contribution >= 4 is 14.1 Å². The average Bonchev–Trinajstić information content (AvgIpc) is 1.81. The van der Waals surface area contributed by atoms with Crippen LogP contribution in [0, 0.1) is 6.92 Å². The monoisotopic (exact) mass is 187 g/mol. The van der Waals surface area contributed by atoms with Crippen LogP contribution in [-0.4, -0.2) is 20.7 Å². The fraction of sp³-hybridized carbons (Fsp3) is 0.778. The van der Waals surface area contributed by atoms with E-state index in [-0.39, 0.29) is 17.4 Å². The Kier molecular flexibility index (Phi) is 3.66. The van der Waals surface area contributed by atoms with Crippen molar-refractivity contribution in [2.24, 2.45) is 0 Å². The molecule has 0 aromatic rings. The molecule has 1 radical (unpaired) electrons. The van der Waals surface area contributed by atoms with Gasteiger partial charge in [0, 0.05) is 6.92 Å². The van der Waals surface area contributed by atoms with Gasteiger partial charge in [0.1, 0.15) is 0 Å². The van der Waals surface area contributed by atoms with Crippen molar-refractivity contribution < 1.29 is 9.22 Å². The van der Waals surface area contributed by atoms with Gasteiger partial charge >= 0.3 is 0 Å². The van der Waals surface area contributed by atoms with Gasteiger partial charge in [-0.1, -0.05) is 20.8 Å². The summed E-state index contributed by atoms with van der Waals surface area (Å²) < 4.78 is 5.58. The third kappa shape index (κ3) is 3.50. The van der Waals surface area contributed by atoms with Gasteiger partial charge in [-0.25, -0.2) is 0 Å². The van der Waals surface area contributed by atoms with Crippen LogP contribution < -0.4 is 0 Å². The smallest absolute Gasteiger partial charge is 0.192 e. The van der Waals surface area contributed by atoms with Crippen LogP contribution in [0.1, 0.15) is 20.8 Å². The van der Waals surface area contributed by atoms with Gasteiger partial charge in [-0.3, -0.25) is 4.79 Å². The third-order valence-corrected chi connectivity index (χ3v) is 6.88. The van der Waals surface area contributed by atoms with E-state index in [0.29, 0.717) is 0 Å². The number of carbonyl (C=O) groups excluding carboxylic acids is 1. The first-order valence-electron chi connectivity index (χ1n) is 4.15. The van der Waals surface area contributed by atoms with Gasteiger partial charge in [-0.05, 0) is 18.1 Å². The van der Waals surface area contributed by atoms with E-state index in [0.717, 1.165) is 0 Å². The van der Waals surface area contributed by atoms with E-state index in [1.807, 2.05) is 0 Å².